The van der Waals surface area contributed by atoms with E-state index in [0.717, 1.165) is 0 Å². The van der Waals surface area contributed by atoms with Crippen molar-refractivity contribution in [1.29, 1.82) is 0 Å². The monoisotopic (exact) mass is 146 g/mol. The van der Waals surface area contributed by atoms with E-state index in [-0.39, 0.29) is 23.8 Å². The van der Waals surface area contributed by atoms with Gasteiger partial charge in [-0.15, -0.1) is 0 Å². The first kappa shape index (κ1) is 11.7. The average molecular weight is 146 g/mol. The summed E-state index contributed by atoms with van der Waals surface area (Å²) in [5, 5.41) is 26.2. The Morgan fingerprint density at radius 2 is 2.00 bits per heavy atom. The molecule has 5 heteroatoms. The van der Waals surface area contributed by atoms with E-state index >= 15 is 0 Å². The van der Waals surface area contributed by atoms with Crippen LogP contribution in [0.1, 0.15) is 13.3 Å². The first-order chi connectivity index (χ1) is 3.50. The Balaban J connectivity index is 0. The number of aliphatic carboxylic acids is 1. The van der Waals surface area contributed by atoms with Gasteiger partial charge in [-0.2, -0.15) is 0 Å². The Bertz CT molecular complexity index is 101. The molecule has 0 spiro atoms. The zero-order chi connectivity index (χ0) is 6.78. The molecule has 0 fully saturated rings. The Kier molecular flexibility index (Phi) is 5.01. The second kappa shape index (κ2) is 3.86. The number of carbonyl (C=O) groups excluding carboxylic acids is 1. The fourth-order valence-corrected chi connectivity index (χ4v) is 0.144. The van der Waals surface area contributed by atoms with Gasteiger partial charge in [-0.1, -0.05) is 6.92 Å². The van der Waals surface area contributed by atoms with Crippen LogP contribution in [0.4, 0.5) is 0 Å². The summed E-state index contributed by atoms with van der Waals surface area (Å²) in [6.45, 7) is 1.33. The van der Waals surface area contributed by atoms with E-state index < -0.39 is 11.8 Å². The van der Waals surface area contributed by atoms with Crippen LogP contribution >= 0.6 is 0 Å². The van der Waals surface area contributed by atoms with E-state index in [4.69, 9.17) is 10.2 Å². The molecule has 0 saturated heterocycles. The third-order valence-corrected chi connectivity index (χ3v) is 0.820. The quantitative estimate of drug-likeness (QED) is 0.332. The van der Waals surface area contributed by atoms with Gasteiger partial charge >= 0.3 is 17.4 Å². The summed E-state index contributed by atoms with van der Waals surface area (Å²) < 4.78 is 0. The fraction of sp³-hybridized carbons (Fsp3) is 0.750. The standard InChI is InChI=1S/C4H8O4.Al/c1-2-4(7,8)3(5)6;/h7-8H,2H2,1H3,(H,5,6);/q;+1/p-1. The van der Waals surface area contributed by atoms with Crippen LogP contribution in [0.2, 0.25) is 0 Å². The van der Waals surface area contributed by atoms with E-state index in [2.05, 4.69) is 0 Å². The number of carboxylic acid groups (broad SMARTS) is 1. The molecule has 0 aromatic heterocycles. The van der Waals surface area contributed by atoms with Gasteiger partial charge in [-0.3, -0.25) is 0 Å². The summed E-state index contributed by atoms with van der Waals surface area (Å²) in [5.41, 5.74) is 0. The number of carboxylic acids is 1. The second-order valence-electron chi connectivity index (χ2n) is 1.46. The zero-order valence-electron chi connectivity index (χ0n) is 5.00. The van der Waals surface area contributed by atoms with Crippen LogP contribution in [0.15, 0.2) is 0 Å². The van der Waals surface area contributed by atoms with Crippen molar-refractivity contribution in [2.75, 3.05) is 0 Å². The Morgan fingerprint density at radius 3 is 2.00 bits per heavy atom. The van der Waals surface area contributed by atoms with Crippen molar-refractivity contribution in [3.05, 3.63) is 0 Å². The van der Waals surface area contributed by atoms with Crippen LogP contribution in [0, 0.1) is 0 Å². The summed E-state index contributed by atoms with van der Waals surface area (Å²) in [5.74, 6) is -4.51. The van der Waals surface area contributed by atoms with Crippen LogP contribution < -0.4 is 5.11 Å². The SMILES string of the molecule is CCC(O)(O)C(=O)[O-].[Al+]. The van der Waals surface area contributed by atoms with E-state index in [9.17, 15) is 9.90 Å². The fourth-order valence-electron chi connectivity index (χ4n) is 0.144. The summed E-state index contributed by atoms with van der Waals surface area (Å²) in [4.78, 5) is 9.64. The number of aliphatic hydroxyl groups is 2. The molecular weight excluding hydrogens is 139 g/mol. The van der Waals surface area contributed by atoms with Crippen LogP contribution in [-0.4, -0.2) is 39.3 Å². The third kappa shape index (κ3) is 3.49. The Hall–Kier alpha value is -0.0775. The largest absolute Gasteiger partial charge is 1.00 e. The Labute approximate surface area is 63.3 Å². The first-order valence-corrected chi connectivity index (χ1v) is 2.17. The molecule has 0 atom stereocenters. The first-order valence-electron chi connectivity index (χ1n) is 2.17. The summed E-state index contributed by atoms with van der Waals surface area (Å²) >= 11 is 0. The van der Waals surface area contributed by atoms with Gasteiger partial charge in [0.05, 0.1) is 0 Å². The molecule has 0 bridgehead atoms. The number of hydrogen-bond acceptors (Lipinski definition) is 4. The molecule has 0 unspecified atom stereocenters. The Morgan fingerprint density at radius 1 is 1.67 bits per heavy atom. The van der Waals surface area contributed by atoms with E-state index in [1.54, 1.807) is 0 Å². The van der Waals surface area contributed by atoms with Crippen molar-refractivity contribution in [3.8, 4) is 0 Å². The zero-order valence-corrected chi connectivity index (χ0v) is 6.15. The molecule has 50 valence electrons. The van der Waals surface area contributed by atoms with Crippen LogP contribution in [0.5, 0.6) is 0 Å². The second-order valence-corrected chi connectivity index (χ2v) is 1.46. The molecule has 0 rings (SSSR count). The minimum atomic E-state index is -2.65. The average Bonchev–Trinajstić information content (AvgIpc) is 1.67. The minimum Gasteiger partial charge on any atom is -0.544 e. The van der Waals surface area contributed by atoms with Gasteiger partial charge in [0.15, 0.2) is 0 Å². The molecule has 0 aromatic rings. The molecule has 9 heavy (non-hydrogen) atoms. The van der Waals surface area contributed by atoms with E-state index in [1.807, 2.05) is 0 Å². The number of rotatable bonds is 2. The van der Waals surface area contributed by atoms with Gasteiger partial charge in [0.2, 0.25) is 5.79 Å². The van der Waals surface area contributed by atoms with Crippen molar-refractivity contribution in [1.82, 2.24) is 0 Å². The van der Waals surface area contributed by atoms with Crippen molar-refractivity contribution in [2.45, 2.75) is 19.1 Å². The van der Waals surface area contributed by atoms with Crippen LogP contribution in [0.25, 0.3) is 0 Å². The van der Waals surface area contributed by atoms with Gasteiger partial charge in [-0.25, -0.2) is 0 Å². The van der Waals surface area contributed by atoms with Crippen molar-refractivity contribution in [2.24, 2.45) is 0 Å². The smallest absolute Gasteiger partial charge is 0.544 e. The van der Waals surface area contributed by atoms with E-state index in [1.165, 1.54) is 6.92 Å². The maximum absolute atomic E-state index is 9.64. The minimum absolute atomic E-state index is 0. The molecule has 2 N–H and O–H groups in total. The summed E-state index contributed by atoms with van der Waals surface area (Å²) in [6.07, 6.45) is -0.269. The predicted octanol–water partition coefficient (Wildman–Crippen LogP) is -2.55. The molecule has 0 heterocycles. The number of hydrogen-bond donors (Lipinski definition) is 2. The molecule has 2 radical (unpaired) electrons. The summed E-state index contributed by atoms with van der Waals surface area (Å²) in [6, 6.07) is 0. The molecular formula is C4H7AlO4. The van der Waals surface area contributed by atoms with Crippen molar-refractivity contribution >= 4 is 23.3 Å². The topological polar surface area (TPSA) is 80.6 Å². The molecule has 0 saturated carbocycles. The molecule has 0 aliphatic carbocycles. The normalized spacial score (nSPS) is 10.1. The molecule has 0 aliphatic heterocycles. The van der Waals surface area contributed by atoms with Crippen molar-refractivity contribution in [3.63, 3.8) is 0 Å². The van der Waals surface area contributed by atoms with Crippen LogP contribution in [-0.2, 0) is 4.79 Å². The predicted molar refractivity (Wildman–Crippen MR) is 28.2 cm³/mol. The summed E-state index contributed by atoms with van der Waals surface area (Å²) in [7, 11) is 0. The maximum Gasteiger partial charge on any atom is 1.00 e. The van der Waals surface area contributed by atoms with Gasteiger partial charge in [0.1, 0.15) is 5.97 Å². The van der Waals surface area contributed by atoms with Gasteiger partial charge in [-0.05, 0) is 0 Å². The molecule has 0 aliphatic rings. The van der Waals surface area contributed by atoms with Crippen LogP contribution in [0.3, 0.4) is 0 Å². The molecule has 0 aromatic carbocycles. The van der Waals surface area contributed by atoms with Gasteiger partial charge < -0.3 is 20.1 Å². The van der Waals surface area contributed by atoms with Crippen molar-refractivity contribution < 1.29 is 20.1 Å². The molecule has 4 nitrogen and oxygen atoms in total. The van der Waals surface area contributed by atoms with E-state index in [0.29, 0.717) is 0 Å². The van der Waals surface area contributed by atoms with Gasteiger partial charge in [0, 0.05) is 6.42 Å². The number of carbonyl (C=O) groups is 1. The third-order valence-electron chi connectivity index (χ3n) is 0.820. The van der Waals surface area contributed by atoms with Gasteiger partial charge in [0.25, 0.3) is 0 Å². The molecule has 0 amide bonds. The maximum atomic E-state index is 9.64.